The fourth-order valence-electron chi connectivity index (χ4n) is 2.59. The third-order valence-electron chi connectivity index (χ3n) is 3.84. The molecule has 7 nitrogen and oxygen atoms in total. The van der Waals surface area contributed by atoms with Crippen LogP contribution in [-0.4, -0.2) is 43.0 Å². The van der Waals surface area contributed by atoms with Crippen molar-refractivity contribution in [1.82, 2.24) is 24.4 Å². The Balaban J connectivity index is 1.81. The molecule has 0 radical (unpaired) electrons. The van der Waals surface area contributed by atoms with E-state index in [1.54, 1.807) is 4.68 Å². The fraction of sp³-hybridized carbons (Fsp3) is 0.267. The zero-order valence-corrected chi connectivity index (χ0v) is 12.4. The number of hydrogen-bond acceptors (Lipinski definition) is 5. The highest BCUT2D eigenvalue weighted by atomic mass is 15.3. The van der Waals surface area contributed by atoms with E-state index in [1.807, 2.05) is 48.5 Å². The van der Waals surface area contributed by atoms with Gasteiger partial charge in [0.1, 0.15) is 6.67 Å². The molecule has 0 unspecified atom stereocenters. The van der Waals surface area contributed by atoms with Gasteiger partial charge in [0, 0.05) is 30.9 Å². The van der Waals surface area contributed by atoms with Crippen LogP contribution in [0.15, 0.2) is 40.7 Å². The average molecular weight is 293 g/mol. The van der Waals surface area contributed by atoms with E-state index >= 15 is 0 Å². The van der Waals surface area contributed by atoms with Gasteiger partial charge in [-0.3, -0.25) is 14.7 Å². The zero-order valence-electron chi connectivity index (χ0n) is 12.4. The van der Waals surface area contributed by atoms with E-state index in [1.165, 1.54) is 0 Å². The molecule has 4 heterocycles. The van der Waals surface area contributed by atoms with Gasteiger partial charge in [-0.15, -0.1) is 0 Å². The molecule has 0 bridgehead atoms. The monoisotopic (exact) mass is 293 g/mol. The highest BCUT2D eigenvalue weighted by Gasteiger charge is 2.19. The summed E-state index contributed by atoms with van der Waals surface area (Å²) in [4.78, 5) is 13.0. The lowest BCUT2D eigenvalue weighted by Crippen LogP contribution is -2.12. The minimum Gasteiger partial charge on any atom is -0.275 e. The molecule has 7 heteroatoms. The van der Waals surface area contributed by atoms with E-state index in [0.29, 0.717) is 6.67 Å². The second-order valence-corrected chi connectivity index (χ2v) is 5.33. The normalized spacial score (nSPS) is 15.5. The van der Waals surface area contributed by atoms with Crippen LogP contribution < -0.4 is 0 Å². The second kappa shape index (κ2) is 4.87. The van der Waals surface area contributed by atoms with Gasteiger partial charge in [-0.1, -0.05) is 6.92 Å². The van der Waals surface area contributed by atoms with E-state index < -0.39 is 0 Å². The van der Waals surface area contributed by atoms with Gasteiger partial charge in [0.25, 0.3) is 0 Å². The molecule has 0 aliphatic carbocycles. The van der Waals surface area contributed by atoms with Gasteiger partial charge in [0.05, 0.1) is 29.5 Å². The van der Waals surface area contributed by atoms with E-state index in [-0.39, 0.29) is 5.92 Å². The standard InChI is InChI=1S/C15H15N7/c1-10(13-6-16-9-18-13)14-7-17-15-4-3-12(20-22(14)15)11-5-19-21(2)8-11/h3-8,10H,9H2,1-2H3/t10-/m1/s1. The summed E-state index contributed by atoms with van der Waals surface area (Å²) in [5.41, 5.74) is 4.65. The molecule has 0 aromatic carbocycles. The lowest BCUT2D eigenvalue weighted by molar-refractivity contribution is 0.768. The number of rotatable bonds is 3. The van der Waals surface area contributed by atoms with Crippen LogP contribution in [0.3, 0.4) is 0 Å². The number of aryl methyl sites for hydroxylation is 1. The molecular weight excluding hydrogens is 278 g/mol. The summed E-state index contributed by atoms with van der Waals surface area (Å²) in [5, 5.41) is 8.91. The van der Waals surface area contributed by atoms with Crippen molar-refractivity contribution in [3.63, 3.8) is 0 Å². The Morgan fingerprint density at radius 3 is 2.86 bits per heavy atom. The van der Waals surface area contributed by atoms with Crippen LogP contribution in [0.5, 0.6) is 0 Å². The molecule has 3 aromatic heterocycles. The number of aliphatic imine (C=N–C) groups is 2. The van der Waals surface area contributed by atoms with Crippen LogP contribution >= 0.6 is 0 Å². The molecule has 0 amide bonds. The molecule has 1 aliphatic rings. The van der Waals surface area contributed by atoms with Crippen molar-refractivity contribution in [3.05, 3.63) is 36.4 Å². The second-order valence-electron chi connectivity index (χ2n) is 5.33. The van der Waals surface area contributed by atoms with Gasteiger partial charge < -0.3 is 0 Å². The molecule has 0 saturated carbocycles. The summed E-state index contributed by atoms with van der Waals surface area (Å²) in [6.45, 7) is 2.61. The Kier molecular flexibility index (Phi) is 2.85. The minimum atomic E-state index is 0.109. The molecule has 0 spiro atoms. The highest BCUT2D eigenvalue weighted by Crippen LogP contribution is 2.21. The average Bonchev–Trinajstić information content (AvgIpc) is 3.26. The third-order valence-corrected chi connectivity index (χ3v) is 3.84. The Labute approximate surface area is 127 Å². The van der Waals surface area contributed by atoms with Crippen LogP contribution in [-0.2, 0) is 7.05 Å². The topological polar surface area (TPSA) is 72.7 Å². The predicted octanol–water partition coefficient (Wildman–Crippen LogP) is 1.72. The Morgan fingerprint density at radius 1 is 1.23 bits per heavy atom. The van der Waals surface area contributed by atoms with Crippen molar-refractivity contribution in [3.8, 4) is 11.3 Å². The minimum absolute atomic E-state index is 0.109. The van der Waals surface area contributed by atoms with Crippen molar-refractivity contribution in [2.24, 2.45) is 17.0 Å². The maximum Gasteiger partial charge on any atom is 0.153 e. The maximum absolute atomic E-state index is 4.71. The van der Waals surface area contributed by atoms with Gasteiger partial charge in [-0.2, -0.15) is 10.2 Å². The zero-order chi connectivity index (χ0) is 15.1. The number of aromatic nitrogens is 5. The largest absolute Gasteiger partial charge is 0.275 e. The van der Waals surface area contributed by atoms with Gasteiger partial charge in [0.15, 0.2) is 5.65 Å². The lowest BCUT2D eigenvalue weighted by Gasteiger charge is -2.09. The van der Waals surface area contributed by atoms with E-state index in [2.05, 4.69) is 27.0 Å². The molecule has 110 valence electrons. The van der Waals surface area contributed by atoms with Crippen molar-refractivity contribution in [2.45, 2.75) is 12.8 Å². The molecule has 0 saturated heterocycles. The number of hydrogen-bond donors (Lipinski definition) is 0. The summed E-state index contributed by atoms with van der Waals surface area (Å²) in [5.74, 6) is 0.109. The summed E-state index contributed by atoms with van der Waals surface area (Å²) in [7, 11) is 1.89. The molecule has 22 heavy (non-hydrogen) atoms. The molecule has 1 atom stereocenters. The Morgan fingerprint density at radius 2 is 2.14 bits per heavy atom. The maximum atomic E-state index is 4.71. The van der Waals surface area contributed by atoms with E-state index in [4.69, 9.17) is 5.10 Å². The van der Waals surface area contributed by atoms with Crippen molar-refractivity contribution >= 4 is 17.6 Å². The predicted molar refractivity (Wildman–Crippen MR) is 84.4 cm³/mol. The first kappa shape index (κ1) is 12.9. The van der Waals surface area contributed by atoms with Crippen LogP contribution in [0.1, 0.15) is 18.5 Å². The van der Waals surface area contributed by atoms with Crippen molar-refractivity contribution in [2.75, 3.05) is 6.67 Å². The lowest BCUT2D eigenvalue weighted by atomic mass is 10.0. The number of imidazole rings is 1. The first-order valence-corrected chi connectivity index (χ1v) is 7.10. The van der Waals surface area contributed by atoms with Crippen molar-refractivity contribution in [1.29, 1.82) is 0 Å². The quantitative estimate of drug-likeness (QED) is 0.738. The van der Waals surface area contributed by atoms with Gasteiger partial charge in [-0.05, 0) is 12.1 Å². The highest BCUT2D eigenvalue weighted by molar-refractivity contribution is 6.33. The fourth-order valence-corrected chi connectivity index (χ4v) is 2.59. The first-order valence-electron chi connectivity index (χ1n) is 7.10. The molecule has 1 aliphatic heterocycles. The summed E-state index contributed by atoms with van der Waals surface area (Å²) in [6.07, 6.45) is 7.44. The van der Waals surface area contributed by atoms with Crippen LogP contribution in [0.2, 0.25) is 0 Å². The SMILES string of the molecule is C[C@H](C1=NCN=C1)c1cnc2ccc(-c3cnn(C)c3)nn12. The van der Waals surface area contributed by atoms with Crippen LogP contribution in [0.25, 0.3) is 16.9 Å². The van der Waals surface area contributed by atoms with Crippen LogP contribution in [0, 0.1) is 0 Å². The first-order chi connectivity index (χ1) is 10.7. The summed E-state index contributed by atoms with van der Waals surface area (Å²) >= 11 is 0. The Hall–Kier alpha value is -2.83. The van der Waals surface area contributed by atoms with E-state index in [0.717, 1.165) is 28.3 Å². The summed E-state index contributed by atoms with van der Waals surface area (Å²) < 4.78 is 3.64. The molecule has 0 fully saturated rings. The smallest absolute Gasteiger partial charge is 0.153 e. The van der Waals surface area contributed by atoms with E-state index in [9.17, 15) is 0 Å². The van der Waals surface area contributed by atoms with Gasteiger partial charge >= 0.3 is 0 Å². The molecule has 3 aromatic rings. The number of fused-ring (bicyclic) bond motifs is 1. The number of nitrogens with zero attached hydrogens (tertiary/aromatic N) is 7. The Bertz CT molecular complexity index is 900. The van der Waals surface area contributed by atoms with Gasteiger partial charge in [-0.25, -0.2) is 9.50 Å². The van der Waals surface area contributed by atoms with Crippen LogP contribution in [0.4, 0.5) is 0 Å². The molecule has 0 N–H and O–H groups in total. The third kappa shape index (κ3) is 2.02. The molecular formula is C15H15N7. The summed E-state index contributed by atoms with van der Waals surface area (Å²) in [6, 6.07) is 3.93. The van der Waals surface area contributed by atoms with Crippen molar-refractivity contribution < 1.29 is 0 Å². The van der Waals surface area contributed by atoms with Gasteiger partial charge in [0.2, 0.25) is 0 Å². The molecule has 4 rings (SSSR count).